The quantitative estimate of drug-likeness (QED) is 0.841. The molecule has 0 heterocycles. The summed E-state index contributed by atoms with van der Waals surface area (Å²) >= 11 is 0. The number of ether oxygens (including phenoxy) is 2. The lowest BCUT2D eigenvalue weighted by Gasteiger charge is -2.36. The first-order chi connectivity index (χ1) is 8.76. The van der Waals surface area contributed by atoms with Crippen LogP contribution < -0.4 is 14.8 Å². The summed E-state index contributed by atoms with van der Waals surface area (Å²) in [5, 5.41) is 3.43. The van der Waals surface area contributed by atoms with Crippen LogP contribution >= 0.6 is 0 Å². The van der Waals surface area contributed by atoms with Gasteiger partial charge in [0.2, 0.25) is 0 Å². The standard InChI is InChI=1S/C15H23NO2/c1-4-11-6-7-14(15(8-11)17-3)18-13-9-12(10-13)16-5-2/h6-8,12-13,16H,4-5,9-10H2,1-3H3. The van der Waals surface area contributed by atoms with Crippen LogP contribution in [-0.4, -0.2) is 25.8 Å². The number of rotatable bonds is 6. The molecule has 100 valence electrons. The largest absolute Gasteiger partial charge is 0.493 e. The smallest absolute Gasteiger partial charge is 0.161 e. The molecule has 1 aromatic carbocycles. The highest BCUT2D eigenvalue weighted by Gasteiger charge is 2.30. The number of hydrogen-bond acceptors (Lipinski definition) is 3. The van der Waals surface area contributed by atoms with Crippen LogP contribution in [0.25, 0.3) is 0 Å². The molecular formula is C15H23NO2. The van der Waals surface area contributed by atoms with Crippen molar-refractivity contribution in [2.75, 3.05) is 13.7 Å². The summed E-state index contributed by atoms with van der Waals surface area (Å²) in [6.45, 7) is 5.31. The molecule has 0 radical (unpaired) electrons. The number of hydrogen-bond donors (Lipinski definition) is 1. The summed E-state index contributed by atoms with van der Waals surface area (Å²) < 4.78 is 11.4. The summed E-state index contributed by atoms with van der Waals surface area (Å²) in [5.41, 5.74) is 1.28. The molecule has 1 aromatic rings. The van der Waals surface area contributed by atoms with Gasteiger partial charge in [-0.1, -0.05) is 19.9 Å². The molecule has 0 amide bonds. The zero-order valence-corrected chi connectivity index (χ0v) is 11.5. The third-order valence-corrected chi connectivity index (χ3v) is 3.52. The van der Waals surface area contributed by atoms with E-state index in [1.54, 1.807) is 7.11 Å². The van der Waals surface area contributed by atoms with Crippen LogP contribution in [0.3, 0.4) is 0 Å². The summed E-state index contributed by atoms with van der Waals surface area (Å²) in [7, 11) is 1.70. The van der Waals surface area contributed by atoms with E-state index in [1.807, 2.05) is 6.07 Å². The maximum Gasteiger partial charge on any atom is 0.161 e. The fraction of sp³-hybridized carbons (Fsp3) is 0.600. The maximum absolute atomic E-state index is 5.98. The third-order valence-electron chi connectivity index (χ3n) is 3.52. The van der Waals surface area contributed by atoms with E-state index in [-0.39, 0.29) is 0 Å². The van der Waals surface area contributed by atoms with Crippen LogP contribution in [0.1, 0.15) is 32.3 Å². The van der Waals surface area contributed by atoms with Crippen molar-refractivity contribution in [3.8, 4) is 11.5 Å². The van der Waals surface area contributed by atoms with Crippen molar-refractivity contribution in [3.63, 3.8) is 0 Å². The lowest BCUT2D eigenvalue weighted by atomic mass is 9.89. The summed E-state index contributed by atoms with van der Waals surface area (Å²) in [6.07, 6.45) is 3.53. The van der Waals surface area contributed by atoms with E-state index in [0.717, 1.165) is 37.3 Å². The molecule has 0 saturated heterocycles. The van der Waals surface area contributed by atoms with Gasteiger partial charge in [0.25, 0.3) is 0 Å². The molecule has 0 spiro atoms. The number of nitrogens with one attached hydrogen (secondary N) is 1. The van der Waals surface area contributed by atoms with Gasteiger partial charge >= 0.3 is 0 Å². The highest BCUT2D eigenvalue weighted by molar-refractivity contribution is 5.43. The Morgan fingerprint density at radius 2 is 2.00 bits per heavy atom. The third kappa shape index (κ3) is 2.96. The van der Waals surface area contributed by atoms with Crippen LogP contribution in [-0.2, 0) is 6.42 Å². The SMILES string of the molecule is CCNC1CC(Oc2ccc(CC)cc2OC)C1. The van der Waals surface area contributed by atoms with Gasteiger partial charge in [-0.05, 0) is 43.5 Å². The van der Waals surface area contributed by atoms with E-state index in [2.05, 4.69) is 31.3 Å². The molecular weight excluding hydrogens is 226 g/mol. The Kier molecular flexibility index (Phi) is 4.48. The normalized spacial score (nSPS) is 22.4. The van der Waals surface area contributed by atoms with Crippen LogP contribution in [0, 0.1) is 0 Å². The van der Waals surface area contributed by atoms with Gasteiger partial charge in [0.1, 0.15) is 6.10 Å². The van der Waals surface area contributed by atoms with Gasteiger partial charge in [-0.3, -0.25) is 0 Å². The zero-order chi connectivity index (χ0) is 13.0. The van der Waals surface area contributed by atoms with Gasteiger partial charge in [-0.15, -0.1) is 0 Å². The maximum atomic E-state index is 5.98. The van der Waals surface area contributed by atoms with E-state index in [4.69, 9.17) is 9.47 Å². The van der Waals surface area contributed by atoms with Crippen LogP contribution in [0.5, 0.6) is 11.5 Å². The first kappa shape index (κ1) is 13.2. The Morgan fingerprint density at radius 3 is 2.61 bits per heavy atom. The van der Waals surface area contributed by atoms with Crippen molar-refractivity contribution < 1.29 is 9.47 Å². The van der Waals surface area contributed by atoms with Crippen LogP contribution in [0.2, 0.25) is 0 Å². The van der Waals surface area contributed by atoms with Crippen LogP contribution in [0.15, 0.2) is 18.2 Å². The summed E-state index contributed by atoms with van der Waals surface area (Å²) in [6, 6.07) is 6.83. The molecule has 0 unspecified atom stereocenters. The molecule has 0 atom stereocenters. The molecule has 0 bridgehead atoms. The Labute approximate surface area is 109 Å². The van der Waals surface area contributed by atoms with Crippen LogP contribution in [0.4, 0.5) is 0 Å². The molecule has 1 N–H and O–H groups in total. The van der Waals surface area contributed by atoms with Crippen molar-refractivity contribution in [1.82, 2.24) is 5.32 Å². The van der Waals surface area contributed by atoms with E-state index in [9.17, 15) is 0 Å². The van der Waals surface area contributed by atoms with Crippen molar-refractivity contribution in [3.05, 3.63) is 23.8 Å². The Bertz CT molecular complexity index is 386. The predicted molar refractivity (Wildman–Crippen MR) is 73.5 cm³/mol. The van der Waals surface area contributed by atoms with E-state index >= 15 is 0 Å². The minimum absolute atomic E-state index is 0.329. The number of aryl methyl sites for hydroxylation is 1. The molecule has 0 aromatic heterocycles. The summed E-state index contributed by atoms with van der Waals surface area (Å²) in [4.78, 5) is 0. The van der Waals surface area contributed by atoms with Gasteiger partial charge in [-0.2, -0.15) is 0 Å². The van der Waals surface area contributed by atoms with Gasteiger partial charge in [0.05, 0.1) is 7.11 Å². The molecule has 1 fully saturated rings. The highest BCUT2D eigenvalue weighted by atomic mass is 16.5. The van der Waals surface area contributed by atoms with Crippen molar-refractivity contribution >= 4 is 0 Å². The average molecular weight is 249 g/mol. The molecule has 2 rings (SSSR count). The molecule has 1 aliphatic carbocycles. The molecule has 18 heavy (non-hydrogen) atoms. The zero-order valence-electron chi connectivity index (χ0n) is 11.5. The monoisotopic (exact) mass is 249 g/mol. The van der Waals surface area contributed by atoms with E-state index in [1.165, 1.54) is 5.56 Å². The molecule has 1 saturated carbocycles. The molecule has 3 nitrogen and oxygen atoms in total. The van der Waals surface area contributed by atoms with Gasteiger partial charge in [-0.25, -0.2) is 0 Å². The highest BCUT2D eigenvalue weighted by Crippen LogP contribution is 2.33. The first-order valence-corrected chi connectivity index (χ1v) is 6.83. The number of methoxy groups -OCH3 is 1. The molecule has 0 aliphatic heterocycles. The minimum Gasteiger partial charge on any atom is -0.493 e. The second kappa shape index (κ2) is 6.10. The van der Waals surface area contributed by atoms with Crippen molar-refractivity contribution in [1.29, 1.82) is 0 Å². The van der Waals surface area contributed by atoms with Gasteiger partial charge < -0.3 is 14.8 Å². The lowest BCUT2D eigenvalue weighted by molar-refractivity contribution is 0.0829. The molecule has 3 heteroatoms. The summed E-state index contributed by atoms with van der Waals surface area (Å²) in [5.74, 6) is 1.72. The Hall–Kier alpha value is -1.22. The topological polar surface area (TPSA) is 30.5 Å². The van der Waals surface area contributed by atoms with E-state index in [0.29, 0.717) is 12.1 Å². The average Bonchev–Trinajstić information content (AvgIpc) is 2.36. The lowest BCUT2D eigenvalue weighted by Crippen LogP contribution is -2.46. The van der Waals surface area contributed by atoms with Crippen molar-refractivity contribution in [2.45, 2.75) is 45.3 Å². The fourth-order valence-electron chi connectivity index (χ4n) is 2.33. The fourth-order valence-corrected chi connectivity index (χ4v) is 2.33. The first-order valence-electron chi connectivity index (χ1n) is 6.83. The Balaban J connectivity index is 1.93. The minimum atomic E-state index is 0.329. The Morgan fingerprint density at radius 1 is 1.22 bits per heavy atom. The van der Waals surface area contributed by atoms with Crippen molar-refractivity contribution in [2.24, 2.45) is 0 Å². The van der Waals surface area contributed by atoms with E-state index < -0.39 is 0 Å². The molecule has 1 aliphatic rings. The number of benzene rings is 1. The second-order valence-corrected chi connectivity index (χ2v) is 4.80. The van der Waals surface area contributed by atoms with Gasteiger partial charge in [0, 0.05) is 6.04 Å². The predicted octanol–water partition coefficient (Wildman–Crippen LogP) is 2.78. The second-order valence-electron chi connectivity index (χ2n) is 4.80. The van der Waals surface area contributed by atoms with Gasteiger partial charge in [0.15, 0.2) is 11.5 Å².